The number of fused-ring (bicyclic) bond motifs is 1. The van der Waals surface area contributed by atoms with E-state index in [-0.39, 0.29) is 24.7 Å². The van der Waals surface area contributed by atoms with Crippen LogP contribution >= 0.6 is 0 Å². The molecule has 0 aromatic rings. The van der Waals surface area contributed by atoms with Gasteiger partial charge in [0.05, 0.1) is 16.4 Å². The average Bonchev–Trinajstić information content (AvgIpc) is 3.10. The predicted molar refractivity (Wildman–Crippen MR) is 81.0 cm³/mol. The second kappa shape index (κ2) is 5.39. The van der Waals surface area contributed by atoms with Gasteiger partial charge in [0.1, 0.15) is 12.2 Å². The summed E-state index contributed by atoms with van der Waals surface area (Å²) >= 11 is 0. The van der Waals surface area contributed by atoms with E-state index in [0.29, 0.717) is 25.7 Å². The van der Waals surface area contributed by atoms with Crippen LogP contribution in [0.25, 0.3) is 0 Å². The molecule has 1 N–H and O–H groups in total. The van der Waals surface area contributed by atoms with E-state index in [1.54, 1.807) is 0 Å². The van der Waals surface area contributed by atoms with Crippen molar-refractivity contribution in [3.63, 3.8) is 0 Å². The summed E-state index contributed by atoms with van der Waals surface area (Å²) in [6.45, 7) is 0. The lowest BCUT2D eigenvalue weighted by atomic mass is 9.88. The first-order valence-corrected chi connectivity index (χ1v) is 11.2. The average molecular weight is 380 g/mol. The summed E-state index contributed by atoms with van der Waals surface area (Å²) in [6, 6.07) is 0. The fraction of sp³-hybridized carbons (Fsp3) is 0.929. The standard InChI is InChI=1S/C14H20O8S2/c15-14(7-1-3-9(4-2-7)23(16,17)18)21-12-8-5-10-11(6-8)24(19,20)22-13(10)12/h7-13H,1-6H2,(H,16,17,18). The van der Waals surface area contributed by atoms with Crippen LogP contribution < -0.4 is 0 Å². The van der Waals surface area contributed by atoms with Crippen LogP contribution in [0.3, 0.4) is 0 Å². The van der Waals surface area contributed by atoms with Crippen molar-refractivity contribution in [1.82, 2.24) is 0 Å². The van der Waals surface area contributed by atoms with Crippen LogP contribution in [-0.4, -0.2) is 50.1 Å². The maximum Gasteiger partial charge on any atom is 0.309 e. The summed E-state index contributed by atoms with van der Waals surface area (Å²) in [7, 11) is -7.60. The zero-order valence-corrected chi connectivity index (χ0v) is 14.5. The smallest absolute Gasteiger partial charge is 0.309 e. The van der Waals surface area contributed by atoms with Gasteiger partial charge >= 0.3 is 5.97 Å². The Bertz CT molecular complexity index is 750. The lowest BCUT2D eigenvalue weighted by Crippen LogP contribution is -2.39. The van der Waals surface area contributed by atoms with Crippen molar-refractivity contribution < 1.29 is 35.1 Å². The molecule has 3 saturated carbocycles. The minimum absolute atomic E-state index is 0.0281. The van der Waals surface area contributed by atoms with Gasteiger partial charge in [-0.1, -0.05) is 0 Å². The normalized spacial score (nSPS) is 46.1. The van der Waals surface area contributed by atoms with E-state index >= 15 is 0 Å². The highest BCUT2D eigenvalue weighted by molar-refractivity contribution is 7.87. The molecule has 5 unspecified atom stereocenters. The van der Waals surface area contributed by atoms with Gasteiger partial charge in [0.25, 0.3) is 20.2 Å². The second-order valence-corrected chi connectivity index (χ2v) is 10.9. The van der Waals surface area contributed by atoms with Crippen LogP contribution in [0.2, 0.25) is 0 Å². The highest BCUT2D eigenvalue weighted by atomic mass is 32.2. The van der Waals surface area contributed by atoms with Crippen molar-refractivity contribution in [3.05, 3.63) is 0 Å². The van der Waals surface area contributed by atoms with Gasteiger partial charge in [-0.2, -0.15) is 16.8 Å². The van der Waals surface area contributed by atoms with Gasteiger partial charge in [-0.05, 0) is 38.5 Å². The van der Waals surface area contributed by atoms with Crippen LogP contribution in [-0.2, 0) is 34.0 Å². The van der Waals surface area contributed by atoms with Crippen LogP contribution in [0, 0.1) is 17.8 Å². The summed E-state index contributed by atoms with van der Waals surface area (Å²) < 4.78 is 65.9. The molecule has 4 rings (SSSR count). The fourth-order valence-corrected chi connectivity index (χ4v) is 7.62. The van der Waals surface area contributed by atoms with E-state index in [4.69, 9.17) is 13.5 Å². The largest absolute Gasteiger partial charge is 0.459 e. The third-order valence-electron chi connectivity index (χ3n) is 6.09. The molecule has 1 saturated heterocycles. The van der Waals surface area contributed by atoms with E-state index in [9.17, 15) is 21.6 Å². The second-order valence-electron chi connectivity index (χ2n) is 7.38. The van der Waals surface area contributed by atoms with Crippen molar-refractivity contribution in [2.45, 2.75) is 61.2 Å². The zero-order chi connectivity index (χ0) is 17.3. The Kier molecular flexibility index (Phi) is 3.76. The molecular weight excluding hydrogens is 360 g/mol. The van der Waals surface area contributed by atoms with Gasteiger partial charge < -0.3 is 4.74 Å². The SMILES string of the molecule is O=C(OC1C2CC3C1OS(=O)(=O)C3C2)C1CCC(S(=O)(=O)O)CC1. The highest BCUT2D eigenvalue weighted by Gasteiger charge is 2.65. The molecule has 24 heavy (non-hydrogen) atoms. The van der Waals surface area contributed by atoms with E-state index in [0.717, 1.165) is 0 Å². The first-order valence-electron chi connectivity index (χ1n) is 8.25. The quantitative estimate of drug-likeness (QED) is 0.426. The molecule has 3 aliphatic carbocycles. The maximum atomic E-state index is 12.4. The molecule has 5 atom stereocenters. The molecule has 136 valence electrons. The molecule has 2 bridgehead atoms. The van der Waals surface area contributed by atoms with Gasteiger partial charge in [0.2, 0.25) is 0 Å². The number of ether oxygens (including phenoxy) is 1. The van der Waals surface area contributed by atoms with Crippen LogP contribution in [0.1, 0.15) is 38.5 Å². The van der Waals surface area contributed by atoms with Gasteiger partial charge in [0.15, 0.2) is 0 Å². The van der Waals surface area contributed by atoms with Gasteiger partial charge in [-0.25, -0.2) is 0 Å². The monoisotopic (exact) mass is 380 g/mol. The first kappa shape index (κ1) is 16.7. The molecule has 10 heteroatoms. The topological polar surface area (TPSA) is 124 Å². The minimum Gasteiger partial charge on any atom is -0.459 e. The number of carbonyl (C=O) groups excluding carboxylic acids is 1. The van der Waals surface area contributed by atoms with E-state index < -0.39 is 54.8 Å². The Hall–Kier alpha value is -0.710. The third kappa shape index (κ3) is 2.58. The molecular formula is C14H20O8S2. The summed E-state index contributed by atoms with van der Waals surface area (Å²) in [5, 5.41) is -1.26. The number of carbonyl (C=O) groups is 1. The highest BCUT2D eigenvalue weighted by Crippen LogP contribution is 2.55. The van der Waals surface area contributed by atoms with Gasteiger partial charge in [-0.3, -0.25) is 13.5 Å². The summed E-state index contributed by atoms with van der Waals surface area (Å²) in [6.07, 6.45) is 1.26. The lowest BCUT2D eigenvalue weighted by Gasteiger charge is -2.29. The Morgan fingerprint density at radius 2 is 1.79 bits per heavy atom. The number of rotatable bonds is 3. The molecule has 8 nitrogen and oxygen atoms in total. The summed E-state index contributed by atoms with van der Waals surface area (Å²) in [5.74, 6) is -0.866. The van der Waals surface area contributed by atoms with Crippen molar-refractivity contribution in [1.29, 1.82) is 0 Å². The maximum absolute atomic E-state index is 12.4. The zero-order valence-electron chi connectivity index (χ0n) is 12.9. The van der Waals surface area contributed by atoms with Crippen molar-refractivity contribution >= 4 is 26.2 Å². The van der Waals surface area contributed by atoms with Crippen LogP contribution in [0.4, 0.5) is 0 Å². The molecule has 0 spiro atoms. The van der Waals surface area contributed by atoms with E-state index in [1.807, 2.05) is 0 Å². The predicted octanol–water partition coefficient (Wildman–Crippen LogP) is 0.482. The van der Waals surface area contributed by atoms with E-state index in [1.165, 1.54) is 0 Å². The third-order valence-corrected chi connectivity index (χ3v) is 9.18. The fourth-order valence-electron chi connectivity index (χ4n) is 4.87. The van der Waals surface area contributed by atoms with Crippen molar-refractivity contribution in [2.24, 2.45) is 17.8 Å². The molecule has 4 fully saturated rings. The Morgan fingerprint density at radius 3 is 2.42 bits per heavy atom. The Balaban J connectivity index is 1.38. The minimum atomic E-state index is -4.06. The van der Waals surface area contributed by atoms with Crippen LogP contribution in [0.5, 0.6) is 0 Å². The molecule has 0 amide bonds. The summed E-state index contributed by atoms with van der Waals surface area (Å²) in [5.41, 5.74) is 0. The molecule has 1 aliphatic heterocycles. The Labute approximate surface area is 140 Å². The number of hydrogen-bond donors (Lipinski definition) is 1. The lowest BCUT2D eigenvalue weighted by molar-refractivity contribution is -0.162. The van der Waals surface area contributed by atoms with Gasteiger partial charge in [-0.15, -0.1) is 0 Å². The molecule has 0 radical (unpaired) electrons. The molecule has 1 heterocycles. The van der Waals surface area contributed by atoms with Crippen LogP contribution in [0.15, 0.2) is 0 Å². The summed E-state index contributed by atoms with van der Waals surface area (Å²) in [4.78, 5) is 12.4. The van der Waals surface area contributed by atoms with Crippen molar-refractivity contribution in [3.8, 4) is 0 Å². The first-order chi connectivity index (χ1) is 11.2. The molecule has 4 aliphatic rings. The Morgan fingerprint density at radius 1 is 1.12 bits per heavy atom. The molecule has 0 aromatic carbocycles. The number of esters is 1. The van der Waals surface area contributed by atoms with Crippen molar-refractivity contribution in [2.75, 3.05) is 0 Å². The number of hydrogen-bond acceptors (Lipinski definition) is 7. The van der Waals surface area contributed by atoms with E-state index in [2.05, 4.69) is 0 Å². The van der Waals surface area contributed by atoms with Gasteiger partial charge in [0, 0.05) is 11.8 Å². The molecule has 0 aromatic heterocycles.